The Bertz CT molecular complexity index is 434. The van der Waals surface area contributed by atoms with E-state index < -0.39 is 0 Å². The van der Waals surface area contributed by atoms with Crippen LogP contribution in [-0.2, 0) is 6.54 Å². The summed E-state index contributed by atoms with van der Waals surface area (Å²) in [5, 5.41) is 16.2. The Morgan fingerprint density at radius 2 is 2.31 bits per heavy atom. The number of nitrogens with one attached hydrogen (secondary N) is 1. The first-order chi connectivity index (χ1) is 7.75. The minimum atomic E-state index is 0.883. The third-order valence-electron chi connectivity index (χ3n) is 2.29. The molecule has 0 saturated heterocycles. The summed E-state index contributed by atoms with van der Waals surface area (Å²) in [6.45, 7) is 5.93. The molecule has 2 aromatic rings. The van der Waals surface area contributed by atoms with Gasteiger partial charge in [0.05, 0.1) is 5.69 Å². The molecule has 86 valence electrons. The second kappa shape index (κ2) is 5.07. The third kappa shape index (κ3) is 2.79. The van der Waals surface area contributed by atoms with Gasteiger partial charge in [0, 0.05) is 18.8 Å². The van der Waals surface area contributed by atoms with Gasteiger partial charge in [0.15, 0.2) is 0 Å². The van der Waals surface area contributed by atoms with Crippen molar-refractivity contribution in [1.29, 1.82) is 0 Å². The number of anilines is 1. The van der Waals surface area contributed by atoms with E-state index in [0.717, 1.165) is 30.3 Å². The van der Waals surface area contributed by atoms with E-state index in [2.05, 4.69) is 33.6 Å². The number of nitrogens with zero attached hydrogens (tertiary/aromatic N) is 4. The Balaban J connectivity index is 1.74. The van der Waals surface area contributed by atoms with Gasteiger partial charge in [0.1, 0.15) is 5.51 Å². The summed E-state index contributed by atoms with van der Waals surface area (Å²) in [7, 11) is 0. The standard InChI is InChI=1S/C10H15N5S/c1-8-6-9(2)15(14-8)5-3-4-11-10-13-12-7-16-10/h6-7H,3-5H2,1-2H3,(H,11,13). The van der Waals surface area contributed by atoms with Crippen molar-refractivity contribution in [2.24, 2.45) is 0 Å². The SMILES string of the molecule is Cc1cc(C)n(CCCNc2nncs2)n1. The van der Waals surface area contributed by atoms with E-state index in [9.17, 15) is 0 Å². The number of aryl methyl sites for hydroxylation is 3. The van der Waals surface area contributed by atoms with Crippen LogP contribution in [0.1, 0.15) is 17.8 Å². The molecular weight excluding hydrogens is 222 g/mol. The molecule has 0 aliphatic rings. The van der Waals surface area contributed by atoms with Crippen LogP contribution >= 0.6 is 11.3 Å². The van der Waals surface area contributed by atoms with Crippen LogP contribution in [0.2, 0.25) is 0 Å². The highest BCUT2D eigenvalue weighted by atomic mass is 32.1. The third-order valence-corrected chi connectivity index (χ3v) is 2.94. The zero-order chi connectivity index (χ0) is 11.4. The molecule has 2 rings (SSSR count). The zero-order valence-electron chi connectivity index (χ0n) is 9.47. The summed E-state index contributed by atoms with van der Waals surface area (Å²) >= 11 is 1.52. The Kier molecular flexibility index (Phi) is 3.51. The molecule has 6 heteroatoms. The van der Waals surface area contributed by atoms with E-state index >= 15 is 0 Å². The Morgan fingerprint density at radius 1 is 1.44 bits per heavy atom. The molecule has 0 bridgehead atoms. The molecule has 0 spiro atoms. The van der Waals surface area contributed by atoms with Crippen LogP contribution < -0.4 is 5.32 Å². The normalized spacial score (nSPS) is 10.6. The first kappa shape index (κ1) is 11.1. The van der Waals surface area contributed by atoms with Crippen molar-refractivity contribution in [2.45, 2.75) is 26.8 Å². The quantitative estimate of drug-likeness (QED) is 0.806. The van der Waals surface area contributed by atoms with E-state index in [-0.39, 0.29) is 0 Å². The van der Waals surface area contributed by atoms with Gasteiger partial charge in [-0.25, -0.2) is 0 Å². The van der Waals surface area contributed by atoms with Crippen LogP contribution in [0.3, 0.4) is 0 Å². The molecule has 16 heavy (non-hydrogen) atoms. The minimum Gasteiger partial charge on any atom is -0.360 e. The maximum atomic E-state index is 4.41. The average Bonchev–Trinajstić information content (AvgIpc) is 2.84. The van der Waals surface area contributed by atoms with Crippen LogP contribution in [0.15, 0.2) is 11.6 Å². The highest BCUT2D eigenvalue weighted by molar-refractivity contribution is 7.13. The van der Waals surface area contributed by atoms with Crippen molar-refractivity contribution in [3.63, 3.8) is 0 Å². The average molecular weight is 237 g/mol. The molecule has 0 atom stereocenters. The van der Waals surface area contributed by atoms with Crippen LogP contribution in [0.25, 0.3) is 0 Å². The van der Waals surface area contributed by atoms with Crippen molar-refractivity contribution in [3.05, 3.63) is 23.0 Å². The monoisotopic (exact) mass is 237 g/mol. The lowest BCUT2D eigenvalue weighted by molar-refractivity contribution is 0.573. The number of rotatable bonds is 5. The second-order valence-electron chi connectivity index (χ2n) is 3.67. The van der Waals surface area contributed by atoms with E-state index in [0.29, 0.717) is 0 Å². The lowest BCUT2D eigenvalue weighted by atomic mass is 10.4. The first-order valence-electron chi connectivity index (χ1n) is 5.27. The van der Waals surface area contributed by atoms with Gasteiger partial charge in [-0.05, 0) is 26.3 Å². The molecule has 5 nitrogen and oxygen atoms in total. The molecule has 0 aliphatic carbocycles. The maximum Gasteiger partial charge on any atom is 0.205 e. The Morgan fingerprint density at radius 3 is 2.94 bits per heavy atom. The molecule has 0 fully saturated rings. The van der Waals surface area contributed by atoms with Gasteiger partial charge in [-0.2, -0.15) is 5.10 Å². The summed E-state index contributed by atoms with van der Waals surface area (Å²) in [6.07, 6.45) is 1.03. The number of hydrogen-bond acceptors (Lipinski definition) is 5. The smallest absolute Gasteiger partial charge is 0.205 e. The minimum absolute atomic E-state index is 0.883. The molecule has 0 aliphatic heterocycles. The fourth-order valence-electron chi connectivity index (χ4n) is 1.58. The molecule has 1 N–H and O–H groups in total. The first-order valence-corrected chi connectivity index (χ1v) is 6.15. The summed E-state index contributed by atoms with van der Waals surface area (Å²) in [5.74, 6) is 0. The molecule has 0 saturated carbocycles. The number of hydrogen-bond donors (Lipinski definition) is 1. The lowest BCUT2D eigenvalue weighted by Crippen LogP contribution is -2.08. The summed E-state index contributed by atoms with van der Waals surface area (Å²) in [4.78, 5) is 0. The van der Waals surface area contributed by atoms with Crippen LogP contribution in [0.4, 0.5) is 5.13 Å². The summed E-state index contributed by atoms with van der Waals surface area (Å²) < 4.78 is 2.04. The van der Waals surface area contributed by atoms with Gasteiger partial charge in [-0.1, -0.05) is 11.3 Å². The zero-order valence-corrected chi connectivity index (χ0v) is 10.3. The second-order valence-corrected chi connectivity index (χ2v) is 4.51. The van der Waals surface area contributed by atoms with E-state index in [1.54, 1.807) is 5.51 Å². The van der Waals surface area contributed by atoms with Gasteiger partial charge in [0.25, 0.3) is 0 Å². The molecule has 2 aromatic heterocycles. The Hall–Kier alpha value is -1.43. The predicted molar refractivity (Wildman–Crippen MR) is 64.7 cm³/mol. The van der Waals surface area contributed by atoms with Gasteiger partial charge >= 0.3 is 0 Å². The molecule has 0 aromatic carbocycles. The Labute approximate surface area is 98.5 Å². The largest absolute Gasteiger partial charge is 0.360 e. The lowest BCUT2D eigenvalue weighted by Gasteiger charge is -2.04. The van der Waals surface area contributed by atoms with Crippen molar-refractivity contribution >= 4 is 16.5 Å². The highest BCUT2D eigenvalue weighted by Gasteiger charge is 2.00. The number of aromatic nitrogens is 4. The van der Waals surface area contributed by atoms with Crippen LogP contribution in [0, 0.1) is 13.8 Å². The van der Waals surface area contributed by atoms with Crippen molar-refractivity contribution in [2.75, 3.05) is 11.9 Å². The molecule has 0 amide bonds. The van der Waals surface area contributed by atoms with Gasteiger partial charge in [0.2, 0.25) is 5.13 Å². The maximum absolute atomic E-state index is 4.41. The summed E-state index contributed by atoms with van der Waals surface area (Å²) in [5.41, 5.74) is 4.02. The van der Waals surface area contributed by atoms with Crippen LogP contribution in [0.5, 0.6) is 0 Å². The molecule has 0 unspecified atom stereocenters. The van der Waals surface area contributed by atoms with Gasteiger partial charge in [-0.3, -0.25) is 4.68 Å². The summed E-state index contributed by atoms with van der Waals surface area (Å²) in [6, 6.07) is 2.10. The van der Waals surface area contributed by atoms with E-state index in [1.165, 1.54) is 17.0 Å². The van der Waals surface area contributed by atoms with Crippen LogP contribution in [-0.4, -0.2) is 26.5 Å². The predicted octanol–water partition coefficient (Wildman–Crippen LogP) is 1.85. The van der Waals surface area contributed by atoms with Crippen molar-refractivity contribution in [1.82, 2.24) is 20.0 Å². The molecule has 0 radical (unpaired) electrons. The highest BCUT2D eigenvalue weighted by Crippen LogP contribution is 2.08. The topological polar surface area (TPSA) is 55.6 Å². The van der Waals surface area contributed by atoms with Crippen molar-refractivity contribution in [3.8, 4) is 0 Å². The van der Waals surface area contributed by atoms with Crippen molar-refractivity contribution < 1.29 is 0 Å². The molecule has 2 heterocycles. The molecular formula is C10H15N5S. The van der Waals surface area contributed by atoms with E-state index in [4.69, 9.17) is 0 Å². The fraction of sp³-hybridized carbons (Fsp3) is 0.500. The fourth-order valence-corrected chi connectivity index (χ4v) is 2.05. The van der Waals surface area contributed by atoms with Gasteiger partial charge in [-0.15, -0.1) is 10.2 Å². The van der Waals surface area contributed by atoms with Gasteiger partial charge < -0.3 is 5.32 Å². The van der Waals surface area contributed by atoms with E-state index in [1.807, 2.05) is 11.6 Å².